The smallest absolute Gasteiger partial charge is 0.115 e. The highest BCUT2D eigenvalue weighted by atomic mass is 16.7. The van der Waals surface area contributed by atoms with Crippen molar-refractivity contribution in [2.75, 3.05) is 13.2 Å². The third-order valence-electron chi connectivity index (χ3n) is 3.58. The van der Waals surface area contributed by atoms with Crippen molar-refractivity contribution < 1.29 is 14.2 Å². The Hall–Kier alpha value is -0.120. The Morgan fingerprint density at radius 2 is 1.31 bits per heavy atom. The fourth-order valence-corrected chi connectivity index (χ4v) is 2.14. The first kappa shape index (κ1) is 8.21. The Balaban J connectivity index is 1.65. The molecule has 0 amide bonds. The number of hydrogen-bond donors (Lipinski definition) is 0. The van der Waals surface area contributed by atoms with Crippen LogP contribution in [0.2, 0.25) is 0 Å². The summed E-state index contributed by atoms with van der Waals surface area (Å²) in [6, 6.07) is 0. The van der Waals surface area contributed by atoms with Crippen LogP contribution < -0.4 is 0 Å². The molecule has 3 heterocycles. The fraction of sp³-hybridized carbons (Fsp3) is 1.00. The molecule has 0 N–H and O–H groups in total. The van der Waals surface area contributed by atoms with Crippen molar-refractivity contribution in [1.82, 2.24) is 0 Å². The highest BCUT2D eigenvalue weighted by Crippen LogP contribution is 2.45. The molecule has 0 aromatic heterocycles. The van der Waals surface area contributed by atoms with Gasteiger partial charge in [-0.2, -0.15) is 0 Å². The van der Waals surface area contributed by atoms with Crippen molar-refractivity contribution in [2.45, 2.75) is 50.1 Å². The summed E-state index contributed by atoms with van der Waals surface area (Å²) in [6.45, 7) is 6.00. The van der Waals surface area contributed by atoms with Crippen LogP contribution in [0.15, 0.2) is 0 Å². The van der Waals surface area contributed by atoms with Gasteiger partial charge in [-0.15, -0.1) is 0 Å². The molecule has 13 heavy (non-hydrogen) atoms. The molecule has 0 spiro atoms. The average molecular weight is 184 g/mol. The molecular weight excluding hydrogens is 168 g/mol. The van der Waals surface area contributed by atoms with Crippen LogP contribution in [0.1, 0.15) is 26.7 Å². The number of ether oxygens (including phenoxy) is 3. The van der Waals surface area contributed by atoms with Crippen molar-refractivity contribution in [2.24, 2.45) is 0 Å². The maximum absolute atomic E-state index is 5.97. The summed E-state index contributed by atoms with van der Waals surface area (Å²) < 4.78 is 16.8. The largest absolute Gasteiger partial charge is 0.369 e. The van der Waals surface area contributed by atoms with Gasteiger partial charge < -0.3 is 14.2 Å². The SMILES string of the molecule is C[C@]1([C@@H]2CC[C@H]([C@]3(C)CO3)O2)CO1. The van der Waals surface area contributed by atoms with E-state index in [1.54, 1.807) is 0 Å². The van der Waals surface area contributed by atoms with Crippen LogP contribution in [0, 0.1) is 0 Å². The quantitative estimate of drug-likeness (QED) is 0.603. The Labute approximate surface area is 78.3 Å². The monoisotopic (exact) mass is 184 g/mol. The first-order valence-electron chi connectivity index (χ1n) is 5.06. The predicted molar refractivity (Wildman–Crippen MR) is 46.6 cm³/mol. The molecule has 3 fully saturated rings. The first-order chi connectivity index (χ1) is 6.12. The Morgan fingerprint density at radius 1 is 0.923 bits per heavy atom. The van der Waals surface area contributed by atoms with E-state index in [1.807, 2.05) is 0 Å². The maximum atomic E-state index is 5.97. The standard InChI is InChI=1S/C10H16O3/c1-9(5-11-9)7-3-4-8(13-7)10(2)6-12-10/h7-8H,3-6H2,1-2H3/t7-,8+,9+,10-. The second-order valence-corrected chi connectivity index (χ2v) is 4.89. The Bertz CT molecular complexity index is 206. The van der Waals surface area contributed by atoms with E-state index < -0.39 is 0 Å². The van der Waals surface area contributed by atoms with Crippen molar-refractivity contribution in [3.63, 3.8) is 0 Å². The number of rotatable bonds is 2. The van der Waals surface area contributed by atoms with E-state index in [1.165, 1.54) is 0 Å². The highest BCUT2D eigenvalue weighted by molar-refractivity contribution is 5.04. The molecule has 3 rings (SSSR count). The van der Waals surface area contributed by atoms with Crippen LogP contribution in [0.4, 0.5) is 0 Å². The molecule has 0 saturated carbocycles. The van der Waals surface area contributed by atoms with Gasteiger partial charge in [0, 0.05) is 0 Å². The van der Waals surface area contributed by atoms with Crippen LogP contribution in [-0.4, -0.2) is 36.6 Å². The molecule has 74 valence electrons. The molecule has 0 aromatic carbocycles. The summed E-state index contributed by atoms with van der Waals surface area (Å²) in [7, 11) is 0. The summed E-state index contributed by atoms with van der Waals surface area (Å²) in [6.07, 6.45) is 2.86. The number of hydrogen-bond acceptors (Lipinski definition) is 3. The molecule has 0 aliphatic carbocycles. The van der Waals surface area contributed by atoms with Crippen LogP contribution in [0.3, 0.4) is 0 Å². The van der Waals surface area contributed by atoms with Gasteiger partial charge in [-0.3, -0.25) is 0 Å². The molecular formula is C10H16O3. The zero-order valence-corrected chi connectivity index (χ0v) is 8.21. The summed E-state index contributed by atoms with van der Waals surface area (Å²) >= 11 is 0. The minimum absolute atomic E-state index is 0.0278. The third kappa shape index (κ3) is 1.22. The lowest BCUT2D eigenvalue weighted by Crippen LogP contribution is -2.31. The highest BCUT2D eigenvalue weighted by Gasteiger charge is 2.56. The molecule has 3 saturated heterocycles. The summed E-state index contributed by atoms with van der Waals surface area (Å²) in [5.41, 5.74) is 0.0556. The second kappa shape index (κ2) is 2.27. The molecule has 0 radical (unpaired) electrons. The lowest BCUT2D eigenvalue weighted by Gasteiger charge is -2.18. The first-order valence-corrected chi connectivity index (χ1v) is 5.06. The van der Waals surface area contributed by atoms with Gasteiger partial charge in [0.05, 0.1) is 25.4 Å². The van der Waals surface area contributed by atoms with E-state index in [0.29, 0.717) is 12.2 Å². The number of epoxide rings is 2. The topological polar surface area (TPSA) is 34.3 Å². The molecule has 4 atom stereocenters. The molecule has 3 aliphatic rings. The molecule has 3 aliphatic heterocycles. The minimum atomic E-state index is 0.0278. The normalized spacial score (nSPS) is 59.5. The van der Waals surface area contributed by atoms with Crippen LogP contribution in [0.25, 0.3) is 0 Å². The Morgan fingerprint density at radius 3 is 1.62 bits per heavy atom. The van der Waals surface area contributed by atoms with Gasteiger partial charge in [0.1, 0.15) is 11.2 Å². The van der Waals surface area contributed by atoms with E-state index in [2.05, 4.69) is 13.8 Å². The van der Waals surface area contributed by atoms with Gasteiger partial charge in [-0.25, -0.2) is 0 Å². The summed E-state index contributed by atoms with van der Waals surface area (Å²) in [5, 5.41) is 0. The average Bonchev–Trinajstić information content (AvgIpc) is 2.98. The van der Waals surface area contributed by atoms with Crippen molar-refractivity contribution in [3.05, 3.63) is 0 Å². The van der Waals surface area contributed by atoms with Crippen molar-refractivity contribution >= 4 is 0 Å². The third-order valence-corrected chi connectivity index (χ3v) is 3.58. The zero-order chi connectivity index (χ0) is 9.10. The van der Waals surface area contributed by atoms with Crippen LogP contribution in [0.5, 0.6) is 0 Å². The van der Waals surface area contributed by atoms with Gasteiger partial charge in [0.15, 0.2) is 0 Å². The van der Waals surface area contributed by atoms with Crippen LogP contribution in [-0.2, 0) is 14.2 Å². The van der Waals surface area contributed by atoms with Crippen molar-refractivity contribution in [3.8, 4) is 0 Å². The molecule has 3 nitrogen and oxygen atoms in total. The Kier molecular flexibility index (Phi) is 1.43. The minimum Gasteiger partial charge on any atom is -0.369 e. The van der Waals surface area contributed by atoms with E-state index in [0.717, 1.165) is 26.1 Å². The van der Waals surface area contributed by atoms with E-state index >= 15 is 0 Å². The van der Waals surface area contributed by atoms with Gasteiger partial charge in [-0.05, 0) is 26.7 Å². The van der Waals surface area contributed by atoms with Gasteiger partial charge >= 0.3 is 0 Å². The fourth-order valence-electron chi connectivity index (χ4n) is 2.14. The zero-order valence-electron chi connectivity index (χ0n) is 8.21. The second-order valence-electron chi connectivity index (χ2n) is 4.89. The molecule has 3 heteroatoms. The lowest BCUT2D eigenvalue weighted by atomic mass is 10.00. The van der Waals surface area contributed by atoms with Gasteiger partial charge in [0.25, 0.3) is 0 Å². The van der Waals surface area contributed by atoms with Gasteiger partial charge in [0.2, 0.25) is 0 Å². The lowest BCUT2D eigenvalue weighted by molar-refractivity contribution is -0.0289. The van der Waals surface area contributed by atoms with Crippen molar-refractivity contribution in [1.29, 1.82) is 0 Å². The van der Waals surface area contributed by atoms with Gasteiger partial charge in [-0.1, -0.05) is 0 Å². The van der Waals surface area contributed by atoms with Crippen LogP contribution >= 0.6 is 0 Å². The predicted octanol–water partition coefficient (Wildman–Crippen LogP) is 1.11. The maximum Gasteiger partial charge on any atom is 0.115 e. The molecule has 0 bridgehead atoms. The van der Waals surface area contributed by atoms with E-state index in [4.69, 9.17) is 14.2 Å². The molecule has 0 aromatic rings. The summed E-state index contributed by atoms with van der Waals surface area (Å²) in [5.74, 6) is 0. The van der Waals surface area contributed by atoms with E-state index in [-0.39, 0.29) is 11.2 Å². The molecule has 0 unspecified atom stereocenters. The summed E-state index contributed by atoms with van der Waals surface area (Å²) in [4.78, 5) is 0. The van der Waals surface area contributed by atoms with E-state index in [9.17, 15) is 0 Å².